The van der Waals surface area contributed by atoms with Gasteiger partial charge in [-0.05, 0) is 62.9 Å². The fourth-order valence-corrected chi connectivity index (χ4v) is 6.26. The van der Waals surface area contributed by atoms with E-state index in [0.29, 0.717) is 43.9 Å². The number of hydrogen-bond donors (Lipinski definition) is 2. The van der Waals surface area contributed by atoms with Crippen molar-refractivity contribution in [2.45, 2.75) is 58.0 Å². The molecule has 2 amide bonds. The predicted molar refractivity (Wildman–Crippen MR) is 162 cm³/mol. The Morgan fingerprint density at radius 1 is 1.11 bits per heavy atom. The van der Waals surface area contributed by atoms with Crippen molar-refractivity contribution < 1.29 is 23.1 Å². The molecule has 44 heavy (non-hydrogen) atoms. The van der Waals surface area contributed by atoms with Crippen molar-refractivity contribution in [3.8, 4) is 5.75 Å². The zero-order valence-electron chi connectivity index (χ0n) is 25.8. The summed E-state index contributed by atoms with van der Waals surface area (Å²) in [6.45, 7) is 8.73. The molecule has 9 nitrogen and oxygen atoms in total. The summed E-state index contributed by atoms with van der Waals surface area (Å²) in [7, 11) is 1.28. The van der Waals surface area contributed by atoms with Crippen molar-refractivity contribution in [3.05, 3.63) is 87.8 Å². The summed E-state index contributed by atoms with van der Waals surface area (Å²) < 4.78 is 35.2. The third-order valence-electron chi connectivity index (χ3n) is 8.90. The van der Waals surface area contributed by atoms with Gasteiger partial charge >= 0.3 is 0 Å². The van der Waals surface area contributed by atoms with Gasteiger partial charge in [0.15, 0.2) is 11.6 Å². The Hall–Kier alpha value is -4.12. The van der Waals surface area contributed by atoms with Crippen LogP contribution in [0.1, 0.15) is 65.3 Å². The van der Waals surface area contributed by atoms with Gasteiger partial charge in [0, 0.05) is 55.6 Å². The Morgan fingerprint density at radius 2 is 1.84 bits per heavy atom. The van der Waals surface area contributed by atoms with E-state index in [1.165, 1.54) is 23.8 Å². The quantitative estimate of drug-likeness (QED) is 0.407. The first-order valence-electron chi connectivity index (χ1n) is 15.1. The van der Waals surface area contributed by atoms with E-state index in [1.807, 2.05) is 48.8 Å². The molecular weight excluding hydrogens is 566 g/mol. The maximum Gasteiger partial charge on any atom is 0.254 e. The largest absolute Gasteiger partial charge is 0.494 e. The molecule has 0 saturated carbocycles. The van der Waals surface area contributed by atoms with E-state index in [-0.39, 0.29) is 41.1 Å². The zero-order valence-corrected chi connectivity index (χ0v) is 25.8. The summed E-state index contributed by atoms with van der Waals surface area (Å²) in [5.41, 5.74) is 2.76. The lowest BCUT2D eigenvalue weighted by molar-refractivity contribution is -0.138. The number of ether oxygens (including phenoxy) is 1. The molecule has 0 spiro atoms. The molecule has 0 radical (unpaired) electrons. The summed E-state index contributed by atoms with van der Waals surface area (Å²) >= 11 is 0. The highest BCUT2D eigenvalue weighted by Gasteiger charge is 2.40. The highest BCUT2D eigenvalue weighted by atomic mass is 19.2. The van der Waals surface area contributed by atoms with E-state index in [9.17, 15) is 18.4 Å². The van der Waals surface area contributed by atoms with Crippen LogP contribution < -0.4 is 15.5 Å². The standard InChI is InChI=1S/C33H40F2N6O3/c1-21-18-23(6-8-25(21)31(42)39-14-16-40(17-15-39)32(43)33(3)10-5-11-38-33)19-22(2)29-30(36)41(13-12-37-29)20-24-7-9-26(44-4)28(35)27(24)34/h6-9,12-13,18,22,36,38H,5,10-11,14-17,19-20H2,1-4H3. The maximum absolute atomic E-state index is 14.6. The van der Waals surface area contributed by atoms with Gasteiger partial charge in [0.05, 0.1) is 24.9 Å². The first-order valence-corrected chi connectivity index (χ1v) is 15.1. The molecule has 234 valence electrons. The minimum atomic E-state index is -1.05. The van der Waals surface area contributed by atoms with Crippen LogP contribution in [0, 0.1) is 24.0 Å². The molecule has 11 heteroatoms. The predicted octanol–water partition coefficient (Wildman–Crippen LogP) is 3.78. The third-order valence-corrected chi connectivity index (χ3v) is 8.90. The fraction of sp³-hybridized carbons (Fsp3) is 0.455. The summed E-state index contributed by atoms with van der Waals surface area (Å²) in [5, 5.41) is 12.1. The van der Waals surface area contributed by atoms with Gasteiger partial charge in [-0.2, -0.15) is 4.39 Å². The number of amides is 2. The molecule has 2 aliphatic heterocycles. The number of methoxy groups -OCH3 is 1. The van der Waals surface area contributed by atoms with Crippen LogP contribution in [0.15, 0.2) is 42.7 Å². The Bertz CT molecular complexity index is 1610. The Balaban J connectivity index is 1.23. The van der Waals surface area contributed by atoms with Crippen molar-refractivity contribution in [2.24, 2.45) is 0 Å². The monoisotopic (exact) mass is 606 g/mol. The molecule has 3 aromatic rings. The Morgan fingerprint density at radius 3 is 2.50 bits per heavy atom. The average Bonchev–Trinajstić information content (AvgIpc) is 3.47. The second-order valence-electron chi connectivity index (χ2n) is 12.0. The number of piperazine rings is 1. The third kappa shape index (κ3) is 6.24. The Kier molecular flexibility index (Phi) is 9.15. The number of nitrogens with zero attached hydrogens (tertiary/aromatic N) is 4. The van der Waals surface area contributed by atoms with Crippen molar-refractivity contribution in [3.63, 3.8) is 0 Å². The molecule has 2 aliphatic rings. The fourth-order valence-electron chi connectivity index (χ4n) is 6.26. The molecule has 0 aliphatic carbocycles. The second kappa shape index (κ2) is 12.9. The minimum Gasteiger partial charge on any atom is -0.494 e. The van der Waals surface area contributed by atoms with Gasteiger partial charge in [0.2, 0.25) is 11.7 Å². The van der Waals surface area contributed by atoms with Gasteiger partial charge in [-0.1, -0.05) is 25.1 Å². The van der Waals surface area contributed by atoms with Crippen molar-refractivity contribution >= 4 is 11.8 Å². The first-order chi connectivity index (χ1) is 21.0. The summed E-state index contributed by atoms with van der Waals surface area (Å²) in [6, 6.07) is 8.59. The number of carbonyl (C=O) groups is 2. The SMILES string of the molecule is COc1ccc(Cn2ccnc(C(C)Cc3ccc(C(=O)N4CCN(C(=O)C5(C)CCCN5)CC4)c(C)c3)c2=N)c(F)c1F. The van der Waals surface area contributed by atoms with Crippen LogP contribution in [-0.4, -0.2) is 76.5 Å². The topological polar surface area (TPSA) is 104 Å². The van der Waals surface area contributed by atoms with Gasteiger partial charge < -0.3 is 24.4 Å². The van der Waals surface area contributed by atoms with E-state index in [1.54, 1.807) is 12.4 Å². The van der Waals surface area contributed by atoms with E-state index in [4.69, 9.17) is 10.1 Å². The van der Waals surface area contributed by atoms with Gasteiger partial charge in [-0.25, -0.2) is 4.39 Å². The molecule has 2 fully saturated rings. The number of aromatic nitrogens is 2. The van der Waals surface area contributed by atoms with Gasteiger partial charge in [0.25, 0.3) is 5.91 Å². The summed E-state index contributed by atoms with van der Waals surface area (Å²) in [4.78, 5) is 34.5. The second-order valence-corrected chi connectivity index (χ2v) is 12.0. The number of rotatable bonds is 8. The molecular formula is C33H40F2N6O3. The number of aryl methyl sites for hydroxylation is 1. The van der Waals surface area contributed by atoms with Crippen LogP contribution in [0.2, 0.25) is 0 Å². The molecule has 5 rings (SSSR count). The number of hydrogen-bond acceptors (Lipinski definition) is 6. The molecule has 2 N–H and O–H groups in total. The highest BCUT2D eigenvalue weighted by Crippen LogP contribution is 2.25. The number of halogens is 2. The van der Waals surface area contributed by atoms with Crippen LogP contribution in [0.5, 0.6) is 5.75 Å². The van der Waals surface area contributed by atoms with Crippen LogP contribution in [0.4, 0.5) is 8.78 Å². The van der Waals surface area contributed by atoms with Crippen LogP contribution in [-0.2, 0) is 17.8 Å². The molecule has 2 unspecified atom stereocenters. The zero-order chi connectivity index (χ0) is 31.6. The molecule has 2 aromatic carbocycles. The molecule has 2 saturated heterocycles. The maximum atomic E-state index is 14.6. The van der Waals surface area contributed by atoms with Crippen LogP contribution in [0.3, 0.4) is 0 Å². The lowest BCUT2D eigenvalue weighted by Gasteiger charge is -2.38. The van der Waals surface area contributed by atoms with E-state index < -0.39 is 17.2 Å². The number of benzene rings is 2. The van der Waals surface area contributed by atoms with Crippen LogP contribution >= 0.6 is 0 Å². The molecule has 0 bridgehead atoms. The highest BCUT2D eigenvalue weighted by molar-refractivity contribution is 5.96. The first kappa shape index (κ1) is 31.3. The molecule has 3 heterocycles. The van der Waals surface area contributed by atoms with Crippen molar-refractivity contribution in [1.82, 2.24) is 24.7 Å². The van der Waals surface area contributed by atoms with Crippen LogP contribution in [0.25, 0.3) is 0 Å². The summed E-state index contributed by atoms with van der Waals surface area (Å²) in [5.74, 6) is -2.29. The normalized spacial score (nSPS) is 19.2. The van der Waals surface area contributed by atoms with Crippen molar-refractivity contribution in [2.75, 3.05) is 39.8 Å². The smallest absolute Gasteiger partial charge is 0.254 e. The van der Waals surface area contributed by atoms with E-state index in [2.05, 4.69) is 10.3 Å². The number of nitrogens with one attached hydrogen (secondary N) is 2. The van der Waals surface area contributed by atoms with E-state index >= 15 is 0 Å². The lowest BCUT2D eigenvalue weighted by atomic mass is 9.95. The Labute approximate surface area is 256 Å². The summed E-state index contributed by atoms with van der Waals surface area (Å²) in [6.07, 6.45) is 5.55. The molecule has 1 aromatic heterocycles. The van der Waals surface area contributed by atoms with E-state index in [0.717, 1.165) is 30.5 Å². The van der Waals surface area contributed by atoms with Crippen molar-refractivity contribution in [1.29, 1.82) is 5.41 Å². The van der Waals surface area contributed by atoms with Gasteiger partial charge in [-0.3, -0.25) is 20.0 Å². The average molecular weight is 607 g/mol. The number of carbonyl (C=O) groups excluding carboxylic acids is 2. The lowest BCUT2D eigenvalue weighted by Crippen LogP contribution is -2.58. The van der Waals surface area contributed by atoms with Gasteiger partial charge in [0.1, 0.15) is 5.49 Å². The molecule has 2 atom stereocenters. The van der Waals surface area contributed by atoms with Gasteiger partial charge in [-0.15, -0.1) is 0 Å². The minimum absolute atomic E-state index is 0.0254.